The average Bonchev–Trinajstić information content (AvgIpc) is 2.74. The molecule has 1 fully saturated rings. The highest BCUT2D eigenvalue weighted by Crippen LogP contribution is 2.34. The van der Waals surface area contributed by atoms with Gasteiger partial charge in [0, 0.05) is 56.4 Å². The van der Waals surface area contributed by atoms with E-state index in [0.29, 0.717) is 28.8 Å². The van der Waals surface area contributed by atoms with E-state index in [0.717, 1.165) is 44.4 Å². The minimum atomic E-state index is -4.50. The molecule has 1 aliphatic heterocycles. The third-order valence-electron chi connectivity index (χ3n) is 5.03. The van der Waals surface area contributed by atoms with Crippen molar-refractivity contribution in [2.75, 3.05) is 44.6 Å². The van der Waals surface area contributed by atoms with Crippen molar-refractivity contribution in [2.24, 2.45) is 0 Å². The summed E-state index contributed by atoms with van der Waals surface area (Å²) in [7, 11) is 0. The number of benzene rings is 1. The van der Waals surface area contributed by atoms with Crippen LogP contribution >= 0.6 is 0 Å². The summed E-state index contributed by atoms with van der Waals surface area (Å²) in [5.41, 5.74) is 0.759. The minimum absolute atomic E-state index is 0.297. The second-order valence-corrected chi connectivity index (χ2v) is 7.00. The number of pyridine rings is 2. The Labute approximate surface area is 167 Å². The van der Waals surface area contributed by atoms with Gasteiger partial charge >= 0.3 is 6.18 Å². The molecule has 5 nitrogen and oxygen atoms in total. The Morgan fingerprint density at radius 1 is 1.03 bits per heavy atom. The van der Waals surface area contributed by atoms with E-state index in [2.05, 4.69) is 25.5 Å². The number of alkyl halides is 3. The first-order chi connectivity index (χ1) is 14.0. The van der Waals surface area contributed by atoms with Crippen LogP contribution in [0, 0.1) is 0 Å². The van der Waals surface area contributed by atoms with E-state index in [-0.39, 0.29) is 0 Å². The fraction of sp³-hybridized carbons (Fsp3) is 0.333. The Bertz CT molecular complexity index is 969. The van der Waals surface area contributed by atoms with Crippen LogP contribution in [-0.2, 0) is 6.18 Å². The van der Waals surface area contributed by atoms with E-state index in [1.54, 1.807) is 6.20 Å². The van der Waals surface area contributed by atoms with Crippen LogP contribution in [0.1, 0.15) is 5.69 Å². The molecule has 0 unspecified atom stereocenters. The lowest BCUT2D eigenvalue weighted by Crippen LogP contribution is -2.45. The molecule has 0 aliphatic carbocycles. The predicted octanol–water partition coefficient (Wildman–Crippen LogP) is 3.63. The molecule has 0 saturated carbocycles. The summed E-state index contributed by atoms with van der Waals surface area (Å²) in [6.07, 6.45) is -2.90. The number of nitrogens with zero attached hydrogens (tertiary/aromatic N) is 3. The highest BCUT2D eigenvalue weighted by atomic mass is 19.4. The van der Waals surface area contributed by atoms with Gasteiger partial charge < -0.3 is 10.6 Å². The van der Waals surface area contributed by atoms with Gasteiger partial charge in [0.25, 0.3) is 0 Å². The molecule has 0 radical (unpaired) electrons. The summed E-state index contributed by atoms with van der Waals surface area (Å²) < 4.78 is 39.8. The van der Waals surface area contributed by atoms with Crippen molar-refractivity contribution in [3.63, 3.8) is 0 Å². The van der Waals surface area contributed by atoms with Gasteiger partial charge in [-0.25, -0.2) is 9.97 Å². The maximum absolute atomic E-state index is 13.3. The predicted molar refractivity (Wildman–Crippen MR) is 108 cm³/mol. The molecule has 3 aromatic rings. The third kappa shape index (κ3) is 4.49. The Morgan fingerprint density at radius 2 is 1.79 bits per heavy atom. The smallest absolute Gasteiger partial charge is 0.368 e. The first-order valence-corrected chi connectivity index (χ1v) is 9.62. The van der Waals surface area contributed by atoms with E-state index >= 15 is 0 Å². The van der Waals surface area contributed by atoms with Crippen molar-refractivity contribution >= 4 is 16.7 Å². The van der Waals surface area contributed by atoms with E-state index in [4.69, 9.17) is 0 Å². The quantitative estimate of drug-likeness (QED) is 0.684. The Hall–Kier alpha value is -2.71. The standard InChI is InChI=1S/C21H22F3N5/c22-21(23,24)18-7-6-16-19(28-18)17(15-4-2-1-3-5-15)14-27-20(16)26-10-13-29-11-8-25-9-12-29/h1-7,14,25H,8-13H2,(H,26,27). The zero-order chi connectivity index (χ0) is 20.3. The SMILES string of the molecule is FC(F)(F)c1ccc2c(NCCN3CCNCC3)ncc(-c3ccccc3)c2n1. The molecule has 1 saturated heterocycles. The summed E-state index contributed by atoms with van der Waals surface area (Å²) in [4.78, 5) is 10.8. The van der Waals surface area contributed by atoms with E-state index in [1.165, 1.54) is 6.07 Å². The lowest BCUT2D eigenvalue weighted by molar-refractivity contribution is -0.140. The van der Waals surface area contributed by atoms with E-state index in [9.17, 15) is 13.2 Å². The van der Waals surface area contributed by atoms with Crippen LogP contribution in [0.4, 0.5) is 19.0 Å². The van der Waals surface area contributed by atoms with E-state index < -0.39 is 11.9 Å². The van der Waals surface area contributed by atoms with Crippen LogP contribution in [0.15, 0.2) is 48.7 Å². The molecule has 0 bridgehead atoms. The summed E-state index contributed by atoms with van der Waals surface area (Å²) in [6, 6.07) is 11.7. The lowest BCUT2D eigenvalue weighted by atomic mass is 10.0. The number of hydrogen-bond donors (Lipinski definition) is 2. The molecule has 8 heteroatoms. The van der Waals surface area contributed by atoms with E-state index in [1.807, 2.05) is 30.3 Å². The fourth-order valence-electron chi connectivity index (χ4n) is 3.51. The van der Waals surface area contributed by atoms with Crippen molar-refractivity contribution in [1.82, 2.24) is 20.2 Å². The summed E-state index contributed by atoms with van der Waals surface area (Å²) in [6.45, 7) is 5.42. The summed E-state index contributed by atoms with van der Waals surface area (Å²) in [5, 5.41) is 7.17. The molecule has 2 aromatic heterocycles. The molecule has 0 atom stereocenters. The summed E-state index contributed by atoms with van der Waals surface area (Å²) >= 11 is 0. The molecule has 3 heterocycles. The van der Waals surface area contributed by atoms with Crippen LogP contribution < -0.4 is 10.6 Å². The van der Waals surface area contributed by atoms with Crippen LogP contribution in [0.25, 0.3) is 22.0 Å². The number of piperazine rings is 1. The van der Waals surface area contributed by atoms with Crippen molar-refractivity contribution in [3.8, 4) is 11.1 Å². The number of nitrogens with one attached hydrogen (secondary N) is 2. The summed E-state index contributed by atoms with van der Waals surface area (Å²) in [5.74, 6) is 0.552. The third-order valence-corrected chi connectivity index (χ3v) is 5.03. The van der Waals surface area contributed by atoms with Crippen LogP contribution in [-0.4, -0.2) is 54.1 Å². The number of aromatic nitrogens is 2. The van der Waals surface area contributed by atoms with Crippen molar-refractivity contribution in [3.05, 3.63) is 54.4 Å². The zero-order valence-electron chi connectivity index (χ0n) is 15.8. The van der Waals surface area contributed by atoms with Crippen molar-refractivity contribution in [2.45, 2.75) is 6.18 Å². The van der Waals surface area contributed by atoms with Crippen LogP contribution in [0.2, 0.25) is 0 Å². The van der Waals surface area contributed by atoms with Gasteiger partial charge in [-0.2, -0.15) is 13.2 Å². The highest BCUT2D eigenvalue weighted by molar-refractivity contribution is 5.99. The molecule has 1 aliphatic rings. The van der Waals surface area contributed by atoms with Crippen molar-refractivity contribution in [1.29, 1.82) is 0 Å². The Morgan fingerprint density at radius 3 is 2.52 bits per heavy atom. The zero-order valence-corrected chi connectivity index (χ0v) is 15.8. The van der Waals surface area contributed by atoms with Gasteiger partial charge in [-0.05, 0) is 17.7 Å². The number of anilines is 1. The van der Waals surface area contributed by atoms with Crippen LogP contribution in [0.5, 0.6) is 0 Å². The first kappa shape index (κ1) is 19.6. The Kier molecular flexibility index (Phi) is 5.64. The molecule has 0 spiro atoms. The maximum Gasteiger partial charge on any atom is 0.433 e. The molecule has 152 valence electrons. The number of rotatable bonds is 5. The number of halogens is 3. The number of hydrogen-bond acceptors (Lipinski definition) is 5. The molecule has 4 rings (SSSR count). The van der Waals surface area contributed by atoms with Crippen LogP contribution in [0.3, 0.4) is 0 Å². The number of fused-ring (bicyclic) bond motifs is 1. The second kappa shape index (κ2) is 8.34. The van der Waals surface area contributed by atoms with Gasteiger partial charge in [-0.1, -0.05) is 30.3 Å². The molecule has 2 N–H and O–H groups in total. The monoisotopic (exact) mass is 401 g/mol. The largest absolute Gasteiger partial charge is 0.433 e. The van der Waals surface area contributed by atoms with Gasteiger partial charge in [-0.15, -0.1) is 0 Å². The lowest BCUT2D eigenvalue weighted by Gasteiger charge is -2.27. The average molecular weight is 401 g/mol. The van der Waals surface area contributed by atoms with Gasteiger partial charge in [-0.3, -0.25) is 4.90 Å². The normalized spacial score (nSPS) is 15.6. The van der Waals surface area contributed by atoms with Gasteiger partial charge in [0.15, 0.2) is 0 Å². The molecule has 1 aromatic carbocycles. The van der Waals surface area contributed by atoms with Gasteiger partial charge in [0.05, 0.1) is 5.52 Å². The maximum atomic E-state index is 13.3. The molecule has 0 amide bonds. The second-order valence-electron chi connectivity index (χ2n) is 7.00. The highest BCUT2D eigenvalue weighted by Gasteiger charge is 2.33. The van der Waals surface area contributed by atoms with Crippen molar-refractivity contribution < 1.29 is 13.2 Å². The van der Waals surface area contributed by atoms with Gasteiger partial charge in [0.2, 0.25) is 0 Å². The van der Waals surface area contributed by atoms with Gasteiger partial charge in [0.1, 0.15) is 11.5 Å². The molecular weight excluding hydrogens is 379 g/mol. The topological polar surface area (TPSA) is 53.1 Å². The molecule has 29 heavy (non-hydrogen) atoms. The molecular formula is C21H22F3N5. The first-order valence-electron chi connectivity index (χ1n) is 9.62. The fourth-order valence-corrected chi connectivity index (χ4v) is 3.51. The Balaban J connectivity index is 1.67. The minimum Gasteiger partial charge on any atom is -0.368 e.